The molecule has 6 aromatic carbocycles. The van der Waals surface area contributed by atoms with E-state index in [0.717, 1.165) is 33.3 Å². The fourth-order valence-electron chi connectivity index (χ4n) is 6.68. The molecule has 3 heteroatoms. The van der Waals surface area contributed by atoms with Gasteiger partial charge in [0.1, 0.15) is 0 Å². The molecule has 0 bridgehead atoms. The molecule has 0 amide bonds. The number of hydrogen-bond acceptors (Lipinski definition) is 1. The maximum absolute atomic E-state index is 4.86. The van der Waals surface area contributed by atoms with Gasteiger partial charge in [0.15, 0.2) is 0 Å². The Labute approximate surface area is 242 Å². The van der Waals surface area contributed by atoms with E-state index in [4.69, 9.17) is 4.98 Å². The van der Waals surface area contributed by atoms with E-state index >= 15 is 0 Å². The molecular formula is C39H25N3. The van der Waals surface area contributed by atoms with E-state index in [1.54, 1.807) is 0 Å². The van der Waals surface area contributed by atoms with Crippen molar-refractivity contribution in [3.8, 4) is 22.5 Å². The van der Waals surface area contributed by atoms with E-state index in [1.807, 2.05) is 12.3 Å². The van der Waals surface area contributed by atoms with Crippen molar-refractivity contribution in [3.63, 3.8) is 0 Å². The molecule has 0 aliphatic carbocycles. The van der Waals surface area contributed by atoms with Crippen LogP contribution < -0.4 is 0 Å². The molecule has 0 N–H and O–H groups in total. The molecular weight excluding hydrogens is 510 g/mol. The van der Waals surface area contributed by atoms with E-state index in [1.165, 1.54) is 43.7 Å². The van der Waals surface area contributed by atoms with Gasteiger partial charge in [0, 0.05) is 44.5 Å². The summed E-state index contributed by atoms with van der Waals surface area (Å²) in [6.45, 7) is 0. The van der Waals surface area contributed by atoms with Crippen LogP contribution >= 0.6 is 0 Å². The van der Waals surface area contributed by atoms with Crippen molar-refractivity contribution in [1.29, 1.82) is 0 Å². The van der Waals surface area contributed by atoms with Crippen LogP contribution in [0.4, 0.5) is 0 Å². The molecule has 0 fully saturated rings. The molecule has 0 atom stereocenters. The predicted octanol–water partition coefficient (Wildman–Crippen LogP) is 10.1. The lowest BCUT2D eigenvalue weighted by atomic mass is 10.1. The van der Waals surface area contributed by atoms with Crippen molar-refractivity contribution in [2.75, 3.05) is 0 Å². The van der Waals surface area contributed by atoms with E-state index in [2.05, 4.69) is 149 Å². The van der Waals surface area contributed by atoms with Crippen molar-refractivity contribution in [2.45, 2.75) is 0 Å². The molecule has 42 heavy (non-hydrogen) atoms. The van der Waals surface area contributed by atoms with Crippen molar-refractivity contribution in [2.24, 2.45) is 0 Å². The van der Waals surface area contributed by atoms with Gasteiger partial charge in [-0.3, -0.25) is 4.98 Å². The average Bonchev–Trinajstić information content (AvgIpc) is 3.58. The summed E-state index contributed by atoms with van der Waals surface area (Å²) in [4.78, 5) is 4.86. The molecule has 0 spiro atoms. The second-order valence-electron chi connectivity index (χ2n) is 10.9. The third-order valence-corrected chi connectivity index (χ3v) is 8.56. The highest BCUT2D eigenvalue weighted by molar-refractivity contribution is 6.20. The SMILES string of the molecule is c1ccc(-c2ccc(-n3c4cc(-n5c6ccccc6c6ccccc65)ccc4c4c5ncccc5ccc43)cc2)cc1. The zero-order valence-corrected chi connectivity index (χ0v) is 22.8. The van der Waals surface area contributed by atoms with Crippen LogP contribution in [0.25, 0.3) is 77.0 Å². The zero-order valence-electron chi connectivity index (χ0n) is 22.8. The average molecular weight is 536 g/mol. The predicted molar refractivity (Wildman–Crippen MR) is 176 cm³/mol. The Morgan fingerprint density at radius 3 is 1.81 bits per heavy atom. The molecule has 0 saturated heterocycles. The highest BCUT2D eigenvalue weighted by Gasteiger charge is 2.18. The maximum Gasteiger partial charge on any atom is 0.0802 e. The van der Waals surface area contributed by atoms with Crippen molar-refractivity contribution in [3.05, 3.63) is 152 Å². The molecule has 0 unspecified atom stereocenters. The van der Waals surface area contributed by atoms with Gasteiger partial charge in [0.2, 0.25) is 0 Å². The van der Waals surface area contributed by atoms with Gasteiger partial charge in [-0.2, -0.15) is 0 Å². The standard InChI is InChI=1S/C39H25N3/c1-2-9-26(10-3-1)27-16-19-29(20-17-27)41-36-23-18-28-11-8-24-40-39(28)38(36)33-22-21-30(25-37(33)41)42-34-14-6-4-12-31(34)32-13-5-7-15-35(32)42/h1-25H. The molecule has 0 aliphatic rings. The fourth-order valence-corrected chi connectivity index (χ4v) is 6.68. The Balaban J connectivity index is 1.36. The first-order chi connectivity index (χ1) is 20.8. The van der Waals surface area contributed by atoms with Crippen LogP contribution in [0.3, 0.4) is 0 Å². The van der Waals surface area contributed by atoms with Gasteiger partial charge in [0.25, 0.3) is 0 Å². The fraction of sp³-hybridized carbons (Fsp3) is 0. The summed E-state index contributed by atoms with van der Waals surface area (Å²) in [5, 5.41) is 6.06. The Morgan fingerprint density at radius 1 is 0.405 bits per heavy atom. The number of para-hydroxylation sites is 2. The molecule has 9 rings (SSSR count). The molecule has 9 aromatic rings. The van der Waals surface area contributed by atoms with Crippen LogP contribution in [-0.2, 0) is 0 Å². The van der Waals surface area contributed by atoms with Gasteiger partial charge in [-0.25, -0.2) is 0 Å². The lowest BCUT2D eigenvalue weighted by Gasteiger charge is -2.12. The van der Waals surface area contributed by atoms with Crippen molar-refractivity contribution >= 4 is 54.5 Å². The van der Waals surface area contributed by atoms with E-state index < -0.39 is 0 Å². The summed E-state index contributed by atoms with van der Waals surface area (Å²) >= 11 is 0. The van der Waals surface area contributed by atoms with E-state index in [9.17, 15) is 0 Å². The Bertz CT molecular complexity index is 2390. The minimum absolute atomic E-state index is 1.03. The number of pyridine rings is 1. The summed E-state index contributed by atoms with van der Waals surface area (Å²) in [5.74, 6) is 0. The topological polar surface area (TPSA) is 22.8 Å². The normalized spacial score (nSPS) is 11.8. The minimum atomic E-state index is 1.03. The summed E-state index contributed by atoms with van der Waals surface area (Å²) < 4.78 is 4.78. The van der Waals surface area contributed by atoms with Crippen LogP contribution in [0.2, 0.25) is 0 Å². The van der Waals surface area contributed by atoms with Gasteiger partial charge < -0.3 is 9.13 Å². The first-order valence-corrected chi connectivity index (χ1v) is 14.3. The van der Waals surface area contributed by atoms with E-state index in [-0.39, 0.29) is 0 Å². The van der Waals surface area contributed by atoms with Crippen LogP contribution in [0.15, 0.2) is 152 Å². The maximum atomic E-state index is 4.86. The molecule has 196 valence electrons. The van der Waals surface area contributed by atoms with Crippen molar-refractivity contribution < 1.29 is 0 Å². The third kappa shape index (κ3) is 3.31. The van der Waals surface area contributed by atoms with Gasteiger partial charge in [0.05, 0.1) is 27.6 Å². The lowest BCUT2D eigenvalue weighted by molar-refractivity contribution is 1.15. The van der Waals surface area contributed by atoms with Gasteiger partial charge >= 0.3 is 0 Å². The first kappa shape index (κ1) is 23.1. The monoisotopic (exact) mass is 535 g/mol. The molecule has 3 aromatic heterocycles. The number of aromatic nitrogens is 3. The summed E-state index contributed by atoms with van der Waals surface area (Å²) in [6, 6.07) is 52.3. The van der Waals surface area contributed by atoms with Gasteiger partial charge in [-0.15, -0.1) is 0 Å². The Kier molecular flexibility index (Phi) is 4.90. The van der Waals surface area contributed by atoms with E-state index in [0.29, 0.717) is 0 Å². The number of fused-ring (bicyclic) bond motifs is 8. The van der Waals surface area contributed by atoms with Crippen molar-refractivity contribution in [1.82, 2.24) is 14.1 Å². The van der Waals surface area contributed by atoms with Gasteiger partial charge in [-0.05, 0) is 59.7 Å². The molecule has 0 radical (unpaired) electrons. The van der Waals surface area contributed by atoms with Crippen LogP contribution in [0.1, 0.15) is 0 Å². The molecule has 0 saturated carbocycles. The zero-order chi connectivity index (χ0) is 27.6. The minimum Gasteiger partial charge on any atom is -0.309 e. The number of hydrogen-bond donors (Lipinski definition) is 0. The third-order valence-electron chi connectivity index (χ3n) is 8.56. The molecule has 3 heterocycles. The quantitative estimate of drug-likeness (QED) is 0.221. The Morgan fingerprint density at radius 2 is 1.05 bits per heavy atom. The summed E-state index contributed by atoms with van der Waals surface area (Å²) in [5.41, 5.74) is 10.5. The van der Waals surface area contributed by atoms with Crippen LogP contribution in [0.5, 0.6) is 0 Å². The highest BCUT2D eigenvalue weighted by atomic mass is 15.0. The van der Waals surface area contributed by atoms with Crippen LogP contribution in [-0.4, -0.2) is 14.1 Å². The smallest absolute Gasteiger partial charge is 0.0802 e. The van der Waals surface area contributed by atoms with Gasteiger partial charge in [-0.1, -0.05) is 97.1 Å². The second-order valence-corrected chi connectivity index (χ2v) is 10.9. The summed E-state index contributed by atoms with van der Waals surface area (Å²) in [7, 11) is 0. The number of rotatable bonds is 3. The first-order valence-electron chi connectivity index (χ1n) is 14.3. The summed E-state index contributed by atoms with van der Waals surface area (Å²) in [6.07, 6.45) is 1.89. The number of nitrogens with zero attached hydrogens (tertiary/aromatic N) is 3. The molecule has 0 aliphatic heterocycles. The Hall–Kier alpha value is -5.67. The highest BCUT2D eigenvalue weighted by Crippen LogP contribution is 2.39. The largest absolute Gasteiger partial charge is 0.309 e. The molecule has 3 nitrogen and oxygen atoms in total. The number of benzene rings is 6. The second kappa shape index (κ2) is 8.92. The lowest BCUT2D eigenvalue weighted by Crippen LogP contribution is -1.97. The van der Waals surface area contributed by atoms with Crippen LogP contribution in [0, 0.1) is 0 Å².